The molecule has 3 amide bonds. The summed E-state index contributed by atoms with van der Waals surface area (Å²) in [6.45, 7) is 3.11. The summed E-state index contributed by atoms with van der Waals surface area (Å²) in [5.41, 5.74) is 2.89. The highest BCUT2D eigenvalue weighted by Crippen LogP contribution is 2.42. The summed E-state index contributed by atoms with van der Waals surface area (Å²) in [6, 6.07) is 7.73. The van der Waals surface area contributed by atoms with E-state index in [0.29, 0.717) is 28.6 Å². The largest absolute Gasteiger partial charge is 0.380 e. The lowest BCUT2D eigenvalue weighted by Gasteiger charge is -2.32. The molecule has 1 aliphatic carbocycles. The average molecular weight is 460 g/mol. The van der Waals surface area contributed by atoms with Crippen LogP contribution in [0.15, 0.2) is 36.5 Å². The van der Waals surface area contributed by atoms with Gasteiger partial charge in [-0.3, -0.25) is 19.3 Å². The second-order valence-corrected chi connectivity index (χ2v) is 9.27. The number of nitrogens with one attached hydrogen (secondary N) is 2. The number of carbonyl (C=O) groups excluding carboxylic acids is 4. The molecule has 174 valence electrons. The van der Waals surface area contributed by atoms with Gasteiger partial charge in [-0.05, 0) is 43.5 Å². The normalized spacial score (nSPS) is 23.4. The number of imide groups is 1. The third kappa shape index (κ3) is 3.07. The van der Waals surface area contributed by atoms with E-state index in [9.17, 15) is 19.2 Å². The first-order valence-electron chi connectivity index (χ1n) is 11.6. The second-order valence-electron chi connectivity index (χ2n) is 9.27. The summed E-state index contributed by atoms with van der Waals surface area (Å²) in [5.74, 6) is -2.38. The van der Waals surface area contributed by atoms with Crippen molar-refractivity contribution in [3.63, 3.8) is 0 Å². The van der Waals surface area contributed by atoms with Gasteiger partial charge in [-0.15, -0.1) is 5.06 Å². The van der Waals surface area contributed by atoms with Crippen molar-refractivity contribution in [2.75, 3.05) is 17.2 Å². The Bertz CT molecular complexity index is 1220. The zero-order chi connectivity index (χ0) is 23.6. The van der Waals surface area contributed by atoms with Crippen molar-refractivity contribution in [3.8, 4) is 0 Å². The number of benzene rings is 2. The van der Waals surface area contributed by atoms with Gasteiger partial charge in [0.15, 0.2) is 0 Å². The maximum atomic E-state index is 13.3. The predicted octanol–water partition coefficient (Wildman–Crippen LogP) is 3.18. The molecule has 34 heavy (non-hydrogen) atoms. The molecule has 3 heterocycles. The molecule has 2 aromatic carbocycles. The lowest BCUT2D eigenvalue weighted by Crippen LogP contribution is -2.45. The van der Waals surface area contributed by atoms with E-state index in [1.165, 1.54) is 0 Å². The van der Waals surface area contributed by atoms with Crippen LogP contribution >= 0.6 is 0 Å². The maximum Gasteiger partial charge on any atom is 0.352 e. The first-order chi connectivity index (χ1) is 16.4. The molecule has 2 fully saturated rings. The minimum atomic E-state index is -0.878. The molecule has 1 saturated carbocycles. The van der Waals surface area contributed by atoms with Crippen molar-refractivity contribution in [3.05, 3.63) is 47.7 Å². The standard InChI is InChI=1S/C25H24N4O5/c1-13-6-11-20(30)29(13)34-21(31)12-28-24(32)14-7-9-18-23-19(10-8-15(22(14)23)25(28)33)27-17-5-3-2-4-16(17)26-18/h7-10,16-17,26-27H,1-6,11-12H2. The fourth-order valence-corrected chi connectivity index (χ4v) is 5.50. The van der Waals surface area contributed by atoms with Crippen molar-refractivity contribution in [1.82, 2.24) is 9.96 Å². The maximum absolute atomic E-state index is 13.3. The van der Waals surface area contributed by atoms with E-state index in [2.05, 4.69) is 17.2 Å². The highest BCUT2D eigenvalue weighted by molar-refractivity contribution is 6.29. The number of rotatable bonds is 3. The van der Waals surface area contributed by atoms with E-state index in [0.717, 1.165) is 52.4 Å². The number of hydrogen-bond acceptors (Lipinski definition) is 7. The molecule has 6 rings (SSSR count). The fraction of sp³-hybridized carbons (Fsp3) is 0.360. The summed E-state index contributed by atoms with van der Waals surface area (Å²) in [7, 11) is 0. The fourth-order valence-electron chi connectivity index (χ4n) is 5.50. The summed E-state index contributed by atoms with van der Waals surface area (Å²) in [6.07, 6.45) is 5.05. The molecule has 9 heteroatoms. The number of fused-ring (bicyclic) bond motifs is 1. The molecule has 2 atom stereocenters. The molecule has 0 aromatic heterocycles. The third-order valence-electron chi connectivity index (χ3n) is 7.18. The third-order valence-corrected chi connectivity index (χ3v) is 7.18. The van der Waals surface area contributed by atoms with Crippen molar-refractivity contribution >= 4 is 45.8 Å². The quantitative estimate of drug-likeness (QED) is 0.678. The van der Waals surface area contributed by atoms with Gasteiger partial charge in [0.05, 0.1) is 5.70 Å². The van der Waals surface area contributed by atoms with Crippen molar-refractivity contribution < 1.29 is 24.0 Å². The van der Waals surface area contributed by atoms with E-state index in [1.807, 2.05) is 12.1 Å². The van der Waals surface area contributed by atoms with Gasteiger partial charge in [0.2, 0.25) is 0 Å². The summed E-state index contributed by atoms with van der Waals surface area (Å²) in [5, 5.41) is 9.53. The topological polar surface area (TPSA) is 108 Å². The first kappa shape index (κ1) is 20.7. The van der Waals surface area contributed by atoms with Crippen LogP contribution in [0.5, 0.6) is 0 Å². The average Bonchev–Trinajstić information content (AvgIpc) is 3.04. The van der Waals surface area contributed by atoms with Crippen LogP contribution in [0.4, 0.5) is 11.4 Å². The molecule has 1 saturated heterocycles. The Hall–Kier alpha value is -3.88. The van der Waals surface area contributed by atoms with Crippen molar-refractivity contribution in [2.45, 2.75) is 50.6 Å². The Morgan fingerprint density at radius 3 is 2.03 bits per heavy atom. The second kappa shape index (κ2) is 7.58. The van der Waals surface area contributed by atoms with Crippen LogP contribution in [-0.2, 0) is 14.4 Å². The SMILES string of the molecule is C=C1CCC(=O)N1OC(=O)CN1C(=O)c2ccc3c4c(ccc(c24)C1=O)NC1CCCCC1N3. The number of amides is 3. The van der Waals surface area contributed by atoms with Gasteiger partial charge in [-0.25, -0.2) is 4.79 Å². The van der Waals surface area contributed by atoms with Gasteiger partial charge in [0.1, 0.15) is 6.54 Å². The van der Waals surface area contributed by atoms with Gasteiger partial charge in [-0.1, -0.05) is 19.4 Å². The molecule has 9 nitrogen and oxygen atoms in total. The summed E-state index contributed by atoms with van der Waals surface area (Å²) >= 11 is 0. The lowest BCUT2D eigenvalue weighted by molar-refractivity contribution is -0.186. The number of hydroxylamine groups is 2. The van der Waals surface area contributed by atoms with Crippen molar-refractivity contribution in [2.24, 2.45) is 0 Å². The number of carbonyl (C=O) groups is 4. The predicted molar refractivity (Wildman–Crippen MR) is 124 cm³/mol. The first-order valence-corrected chi connectivity index (χ1v) is 11.6. The van der Waals surface area contributed by atoms with Crippen LogP contribution in [-0.4, -0.2) is 52.3 Å². The highest BCUT2D eigenvalue weighted by Gasteiger charge is 2.38. The zero-order valence-electron chi connectivity index (χ0n) is 18.6. The molecule has 4 aliphatic rings. The van der Waals surface area contributed by atoms with Crippen LogP contribution in [0.3, 0.4) is 0 Å². The monoisotopic (exact) mass is 460 g/mol. The Morgan fingerprint density at radius 1 is 0.912 bits per heavy atom. The van der Waals surface area contributed by atoms with Gasteiger partial charge in [-0.2, -0.15) is 0 Å². The van der Waals surface area contributed by atoms with Crippen LogP contribution < -0.4 is 10.6 Å². The number of nitrogens with zero attached hydrogens (tertiary/aromatic N) is 2. The van der Waals surface area contributed by atoms with Gasteiger partial charge >= 0.3 is 5.97 Å². The highest BCUT2D eigenvalue weighted by atomic mass is 16.7. The van der Waals surface area contributed by atoms with E-state index >= 15 is 0 Å². The smallest absolute Gasteiger partial charge is 0.352 e. The Morgan fingerprint density at radius 2 is 1.50 bits per heavy atom. The van der Waals surface area contributed by atoms with Crippen LogP contribution in [0, 0.1) is 0 Å². The molecule has 0 spiro atoms. The van der Waals surface area contributed by atoms with Gasteiger partial charge < -0.3 is 15.5 Å². The van der Waals surface area contributed by atoms with Gasteiger partial charge in [0, 0.05) is 51.8 Å². The minimum Gasteiger partial charge on any atom is -0.380 e. The number of allylic oxidation sites excluding steroid dienone is 1. The minimum absolute atomic E-state index is 0.206. The van der Waals surface area contributed by atoms with E-state index in [4.69, 9.17) is 4.84 Å². The number of anilines is 2. The van der Waals surface area contributed by atoms with Gasteiger partial charge in [0.25, 0.3) is 17.7 Å². The van der Waals surface area contributed by atoms with Crippen LogP contribution in [0.2, 0.25) is 0 Å². The lowest BCUT2D eigenvalue weighted by atomic mass is 9.90. The molecule has 2 aromatic rings. The molecular formula is C25H24N4O5. The Kier molecular flexibility index (Phi) is 4.62. The van der Waals surface area contributed by atoms with Crippen molar-refractivity contribution in [1.29, 1.82) is 0 Å². The summed E-state index contributed by atoms with van der Waals surface area (Å²) in [4.78, 5) is 57.1. The van der Waals surface area contributed by atoms with E-state index in [-0.39, 0.29) is 24.4 Å². The Balaban J connectivity index is 1.34. The molecule has 3 aliphatic heterocycles. The summed E-state index contributed by atoms with van der Waals surface area (Å²) < 4.78 is 0. The molecule has 0 bridgehead atoms. The van der Waals surface area contributed by atoms with E-state index in [1.54, 1.807) is 12.1 Å². The molecule has 2 N–H and O–H groups in total. The molecule has 0 radical (unpaired) electrons. The zero-order valence-corrected chi connectivity index (χ0v) is 18.6. The van der Waals surface area contributed by atoms with E-state index < -0.39 is 24.3 Å². The van der Waals surface area contributed by atoms with Crippen LogP contribution in [0.1, 0.15) is 59.2 Å². The Labute approximate surface area is 195 Å². The number of hydrogen-bond donors (Lipinski definition) is 2. The molecular weight excluding hydrogens is 436 g/mol. The van der Waals surface area contributed by atoms with Crippen LogP contribution in [0.25, 0.3) is 10.8 Å². The molecule has 2 unspecified atom stereocenters.